The molecular formula is C33H30N4O2. The van der Waals surface area contributed by atoms with Crippen LogP contribution in [0, 0.1) is 11.8 Å². The Morgan fingerprint density at radius 3 is 2.38 bits per heavy atom. The van der Waals surface area contributed by atoms with Crippen molar-refractivity contribution in [1.82, 2.24) is 14.8 Å². The quantitative estimate of drug-likeness (QED) is 0.385. The summed E-state index contributed by atoms with van der Waals surface area (Å²) in [5.74, 6) is 6.10. The third-order valence-electron chi connectivity index (χ3n) is 6.68. The fraction of sp³-hybridized carbons (Fsp3) is 0.182. The van der Waals surface area contributed by atoms with E-state index in [1.165, 1.54) is 0 Å². The topological polar surface area (TPSA) is 65.5 Å². The van der Waals surface area contributed by atoms with Gasteiger partial charge in [0.25, 0.3) is 5.91 Å². The van der Waals surface area contributed by atoms with Gasteiger partial charge in [-0.15, -0.1) is 0 Å². The summed E-state index contributed by atoms with van der Waals surface area (Å²) in [6.07, 6.45) is 2.42. The Morgan fingerprint density at radius 1 is 0.846 bits per heavy atom. The van der Waals surface area contributed by atoms with Crippen LogP contribution in [0.5, 0.6) is 0 Å². The van der Waals surface area contributed by atoms with Gasteiger partial charge in [0.2, 0.25) is 5.91 Å². The summed E-state index contributed by atoms with van der Waals surface area (Å²) in [5.41, 5.74) is 4.00. The molecule has 1 unspecified atom stereocenters. The van der Waals surface area contributed by atoms with Crippen molar-refractivity contribution in [3.8, 4) is 11.8 Å². The Kier molecular flexibility index (Phi) is 8.42. The molecule has 4 aromatic rings. The molecule has 1 fully saturated rings. The van der Waals surface area contributed by atoms with Crippen LogP contribution in [0.25, 0.3) is 0 Å². The highest BCUT2D eigenvalue weighted by molar-refractivity contribution is 5.95. The van der Waals surface area contributed by atoms with E-state index in [1.54, 1.807) is 6.20 Å². The van der Waals surface area contributed by atoms with Crippen molar-refractivity contribution in [3.63, 3.8) is 0 Å². The number of carbonyl (C=O) groups is 2. The fourth-order valence-electron chi connectivity index (χ4n) is 4.79. The van der Waals surface area contributed by atoms with Crippen LogP contribution < -0.4 is 5.32 Å². The number of aromatic nitrogens is 1. The third kappa shape index (κ3) is 7.19. The molecule has 0 aliphatic carbocycles. The minimum atomic E-state index is -0.0681. The monoisotopic (exact) mass is 514 g/mol. The van der Waals surface area contributed by atoms with E-state index >= 15 is 0 Å². The summed E-state index contributed by atoms with van der Waals surface area (Å²) in [7, 11) is 0. The second-order valence-corrected chi connectivity index (χ2v) is 9.54. The Hall–Kier alpha value is -4.73. The first-order valence-corrected chi connectivity index (χ1v) is 13.1. The second-order valence-electron chi connectivity index (χ2n) is 9.54. The van der Waals surface area contributed by atoms with Gasteiger partial charge in [-0.25, -0.2) is 4.98 Å². The number of piperazine rings is 1. The first-order valence-electron chi connectivity index (χ1n) is 13.1. The molecular weight excluding hydrogens is 484 g/mol. The number of anilines is 1. The molecule has 1 saturated heterocycles. The smallest absolute Gasteiger partial charge is 0.254 e. The summed E-state index contributed by atoms with van der Waals surface area (Å²) in [5, 5.41) is 2.97. The lowest BCUT2D eigenvalue weighted by molar-refractivity contribution is -0.117. The zero-order valence-electron chi connectivity index (χ0n) is 21.7. The van der Waals surface area contributed by atoms with Crippen LogP contribution >= 0.6 is 0 Å². The number of benzene rings is 3. The molecule has 6 nitrogen and oxygen atoms in total. The van der Waals surface area contributed by atoms with Gasteiger partial charge < -0.3 is 10.2 Å². The number of hydrogen-bond acceptors (Lipinski definition) is 4. The average molecular weight is 515 g/mol. The Balaban J connectivity index is 1.31. The van der Waals surface area contributed by atoms with Gasteiger partial charge in [0.05, 0.1) is 6.54 Å². The van der Waals surface area contributed by atoms with Crippen LogP contribution in [-0.4, -0.2) is 58.8 Å². The highest BCUT2D eigenvalue weighted by Gasteiger charge is 2.32. The van der Waals surface area contributed by atoms with Gasteiger partial charge in [-0.2, -0.15) is 0 Å². The van der Waals surface area contributed by atoms with E-state index in [0.717, 1.165) is 16.8 Å². The van der Waals surface area contributed by atoms with Gasteiger partial charge in [-0.3, -0.25) is 14.5 Å². The Morgan fingerprint density at radius 2 is 1.62 bits per heavy atom. The van der Waals surface area contributed by atoms with Gasteiger partial charge in [0.1, 0.15) is 5.69 Å². The number of carbonyl (C=O) groups excluding carboxylic acids is 2. The van der Waals surface area contributed by atoms with Crippen molar-refractivity contribution < 1.29 is 9.59 Å². The van der Waals surface area contributed by atoms with Crippen LogP contribution in [0.1, 0.15) is 27.2 Å². The van der Waals surface area contributed by atoms with E-state index < -0.39 is 0 Å². The zero-order valence-corrected chi connectivity index (χ0v) is 21.7. The van der Waals surface area contributed by atoms with Gasteiger partial charge in [0.15, 0.2) is 0 Å². The molecule has 0 spiro atoms. The van der Waals surface area contributed by atoms with Crippen LogP contribution in [0.2, 0.25) is 0 Å². The van der Waals surface area contributed by atoms with Crippen molar-refractivity contribution in [1.29, 1.82) is 0 Å². The van der Waals surface area contributed by atoms with Crippen molar-refractivity contribution >= 4 is 17.5 Å². The zero-order chi connectivity index (χ0) is 26.9. The largest absolute Gasteiger partial charge is 0.333 e. The molecule has 1 aliphatic rings. The Bertz CT molecular complexity index is 1460. The molecule has 1 aromatic heterocycles. The summed E-state index contributed by atoms with van der Waals surface area (Å²) in [6.45, 7) is 2.06. The molecule has 39 heavy (non-hydrogen) atoms. The van der Waals surface area contributed by atoms with Crippen LogP contribution in [0.15, 0.2) is 109 Å². The number of para-hydroxylation sites is 1. The number of hydrogen-bond donors (Lipinski definition) is 1. The van der Waals surface area contributed by atoms with Crippen LogP contribution in [-0.2, 0) is 11.2 Å². The first kappa shape index (κ1) is 25.9. The molecule has 3 aromatic carbocycles. The fourth-order valence-corrected chi connectivity index (χ4v) is 4.79. The predicted molar refractivity (Wildman–Crippen MR) is 153 cm³/mol. The lowest BCUT2D eigenvalue weighted by Crippen LogP contribution is -2.57. The SMILES string of the molecule is O=C(CN1CCN(C(=O)c2cccc(C#Cc3ccccn3)c2)C(Cc2ccccc2)C1)Nc1ccccc1. The summed E-state index contributed by atoms with van der Waals surface area (Å²) < 4.78 is 0. The van der Waals surface area contributed by atoms with Gasteiger partial charge in [-0.05, 0) is 60.4 Å². The third-order valence-corrected chi connectivity index (χ3v) is 6.68. The van der Waals surface area contributed by atoms with E-state index in [-0.39, 0.29) is 24.4 Å². The van der Waals surface area contributed by atoms with Crippen LogP contribution in [0.4, 0.5) is 5.69 Å². The van der Waals surface area contributed by atoms with Crippen LogP contribution in [0.3, 0.4) is 0 Å². The first-order chi connectivity index (χ1) is 19.1. The van der Waals surface area contributed by atoms with E-state index in [2.05, 4.69) is 39.2 Å². The lowest BCUT2D eigenvalue weighted by Gasteiger charge is -2.41. The molecule has 6 heteroatoms. The predicted octanol–water partition coefficient (Wildman–Crippen LogP) is 4.49. The molecule has 0 radical (unpaired) electrons. The molecule has 0 bridgehead atoms. The van der Waals surface area contributed by atoms with E-state index in [0.29, 0.717) is 37.3 Å². The standard InChI is InChI=1S/C33H30N4O2/c38-32(35-30-15-5-2-6-16-30)25-36-20-21-37(31(24-36)23-26-10-3-1-4-11-26)33(39)28-13-9-12-27(22-28)17-18-29-14-7-8-19-34-29/h1-16,19,22,31H,20-21,23-25H2,(H,35,38). The number of nitrogens with zero attached hydrogens (tertiary/aromatic N) is 3. The maximum absolute atomic E-state index is 13.8. The molecule has 1 N–H and O–H groups in total. The molecule has 1 aliphatic heterocycles. The molecule has 2 heterocycles. The molecule has 194 valence electrons. The van der Waals surface area contributed by atoms with Crippen molar-refractivity contribution in [2.24, 2.45) is 0 Å². The molecule has 5 rings (SSSR count). The summed E-state index contributed by atoms with van der Waals surface area (Å²) in [6, 6.07) is 32.6. The average Bonchev–Trinajstić information content (AvgIpc) is 2.98. The van der Waals surface area contributed by atoms with Crippen molar-refractivity contribution in [2.45, 2.75) is 12.5 Å². The maximum Gasteiger partial charge on any atom is 0.254 e. The number of pyridine rings is 1. The van der Waals surface area contributed by atoms with Gasteiger partial charge in [-0.1, -0.05) is 66.6 Å². The minimum Gasteiger partial charge on any atom is -0.333 e. The van der Waals surface area contributed by atoms with Gasteiger partial charge in [0, 0.05) is 48.7 Å². The summed E-state index contributed by atoms with van der Waals surface area (Å²) >= 11 is 0. The number of rotatable bonds is 6. The van der Waals surface area contributed by atoms with Crippen molar-refractivity contribution in [3.05, 3.63) is 132 Å². The van der Waals surface area contributed by atoms with E-state index in [1.807, 2.05) is 95.9 Å². The van der Waals surface area contributed by atoms with Gasteiger partial charge >= 0.3 is 0 Å². The highest BCUT2D eigenvalue weighted by Crippen LogP contribution is 2.19. The van der Waals surface area contributed by atoms with E-state index in [4.69, 9.17) is 0 Å². The molecule has 0 saturated carbocycles. The Labute approximate surface area is 229 Å². The van der Waals surface area contributed by atoms with Crippen molar-refractivity contribution in [2.75, 3.05) is 31.5 Å². The molecule has 2 amide bonds. The van der Waals surface area contributed by atoms with E-state index in [9.17, 15) is 9.59 Å². The maximum atomic E-state index is 13.8. The number of amides is 2. The normalized spacial score (nSPS) is 15.2. The number of nitrogens with one attached hydrogen (secondary N) is 1. The summed E-state index contributed by atoms with van der Waals surface area (Å²) in [4.78, 5) is 34.8. The minimum absolute atomic E-state index is 0.0224. The second kappa shape index (κ2) is 12.7. The lowest BCUT2D eigenvalue weighted by atomic mass is 10.00. The molecule has 1 atom stereocenters. The highest BCUT2D eigenvalue weighted by atomic mass is 16.2.